The van der Waals surface area contributed by atoms with E-state index in [0.29, 0.717) is 11.4 Å². The SMILES string of the molecule is COC(=O)c1cc(N2CCCC2)c(Oc2ccccc2)c(S(=O)(=O)N=CN(C)C)c1. The maximum absolute atomic E-state index is 13.1. The van der Waals surface area contributed by atoms with Gasteiger partial charge in [-0.2, -0.15) is 8.42 Å². The van der Waals surface area contributed by atoms with Gasteiger partial charge < -0.3 is 19.3 Å². The first-order chi connectivity index (χ1) is 14.3. The third-order valence-electron chi connectivity index (χ3n) is 4.56. The van der Waals surface area contributed by atoms with E-state index in [1.165, 1.54) is 24.4 Å². The van der Waals surface area contributed by atoms with Crippen LogP contribution in [-0.4, -0.2) is 59.9 Å². The first-order valence-electron chi connectivity index (χ1n) is 9.53. The normalized spacial score (nSPS) is 14.2. The summed E-state index contributed by atoms with van der Waals surface area (Å²) in [6.45, 7) is 1.46. The molecule has 30 heavy (non-hydrogen) atoms. The zero-order valence-corrected chi connectivity index (χ0v) is 18.1. The van der Waals surface area contributed by atoms with Gasteiger partial charge in [-0.15, -0.1) is 4.40 Å². The van der Waals surface area contributed by atoms with Crippen LogP contribution >= 0.6 is 0 Å². The lowest BCUT2D eigenvalue weighted by molar-refractivity contribution is 0.0600. The Balaban J connectivity index is 2.24. The number of benzene rings is 2. The summed E-state index contributed by atoms with van der Waals surface area (Å²) in [5.74, 6) is -0.00166. The Hall–Kier alpha value is -3.07. The van der Waals surface area contributed by atoms with Gasteiger partial charge >= 0.3 is 5.97 Å². The molecule has 160 valence electrons. The average molecular weight is 432 g/mol. The zero-order valence-electron chi connectivity index (χ0n) is 17.2. The number of esters is 1. The standard InChI is InChI=1S/C21H25N3O5S/c1-23(2)15-22-30(26,27)19-14-16(21(25)28-3)13-18(24-11-7-8-12-24)20(19)29-17-9-5-4-6-10-17/h4-6,9-10,13-15H,7-8,11-12H2,1-3H3. The van der Waals surface area contributed by atoms with Crippen LogP contribution in [0.5, 0.6) is 11.5 Å². The molecular formula is C21H25N3O5S. The number of hydrogen-bond donors (Lipinski definition) is 0. The molecule has 1 fully saturated rings. The molecule has 1 aliphatic heterocycles. The molecule has 3 rings (SSSR count). The van der Waals surface area contributed by atoms with Crippen LogP contribution in [0.3, 0.4) is 0 Å². The van der Waals surface area contributed by atoms with Crippen LogP contribution in [0, 0.1) is 0 Å². The van der Waals surface area contributed by atoms with E-state index in [1.54, 1.807) is 44.4 Å². The molecule has 0 spiro atoms. The summed E-state index contributed by atoms with van der Waals surface area (Å²) in [4.78, 5) is 15.6. The van der Waals surface area contributed by atoms with E-state index in [1.807, 2.05) is 11.0 Å². The minimum atomic E-state index is -4.15. The van der Waals surface area contributed by atoms with Crippen molar-refractivity contribution in [2.75, 3.05) is 39.2 Å². The summed E-state index contributed by atoms with van der Waals surface area (Å²) >= 11 is 0. The summed E-state index contributed by atoms with van der Waals surface area (Å²) in [7, 11) is 0.436. The first kappa shape index (κ1) is 21.6. The molecule has 1 heterocycles. The van der Waals surface area contributed by atoms with Crippen molar-refractivity contribution in [1.29, 1.82) is 0 Å². The minimum Gasteiger partial charge on any atom is -0.465 e. The quantitative estimate of drug-likeness (QED) is 0.378. The number of anilines is 1. The van der Waals surface area contributed by atoms with E-state index in [2.05, 4.69) is 4.40 Å². The fourth-order valence-corrected chi connectivity index (χ4v) is 4.21. The van der Waals surface area contributed by atoms with Crippen molar-refractivity contribution < 1.29 is 22.7 Å². The second-order valence-electron chi connectivity index (χ2n) is 7.08. The molecule has 0 radical (unpaired) electrons. The van der Waals surface area contributed by atoms with Gasteiger partial charge in [0, 0.05) is 27.2 Å². The predicted molar refractivity (Wildman–Crippen MR) is 115 cm³/mol. The molecule has 1 aliphatic rings. The Labute approximate surface area is 176 Å². The van der Waals surface area contributed by atoms with Crippen molar-refractivity contribution in [2.45, 2.75) is 17.7 Å². The molecule has 9 heteroatoms. The molecule has 0 bridgehead atoms. The van der Waals surface area contributed by atoms with Crippen LogP contribution in [0.1, 0.15) is 23.2 Å². The van der Waals surface area contributed by atoms with Crippen molar-refractivity contribution in [2.24, 2.45) is 4.40 Å². The topological polar surface area (TPSA) is 88.5 Å². The first-order valence-corrected chi connectivity index (χ1v) is 11.0. The van der Waals surface area contributed by atoms with E-state index in [0.717, 1.165) is 25.9 Å². The number of methoxy groups -OCH3 is 1. The Kier molecular flexibility index (Phi) is 6.61. The number of nitrogens with zero attached hydrogens (tertiary/aromatic N) is 3. The highest BCUT2D eigenvalue weighted by molar-refractivity contribution is 7.90. The number of sulfonamides is 1. The summed E-state index contributed by atoms with van der Waals surface area (Å²) < 4.78 is 40.8. The van der Waals surface area contributed by atoms with E-state index in [-0.39, 0.29) is 16.2 Å². The number of para-hydroxylation sites is 1. The van der Waals surface area contributed by atoms with E-state index in [4.69, 9.17) is 9.47 Å². The van der Waals surface area contributed by atoms with Crippen molar-refractivity contribution in [3.05, 3.63) is 48.0 Å². The van der Waals surface area contributed by atoms with Gasteiger partial charge in [-0.05, 0) is 37.1 Å². The second kappa shape index (κ2) is 9.17. The van der Waals surface area contributed by atoms with Gasteiger partial charge in [0.2, 0.25) is 0 Å². The maximum Gasteiger partial charge on any atom is 0.337 e. The van der Waals surface area contributed by atoms with Crippen molar-refractivity contribution >= 4 is 28.0 Å². The Morgan fingerprint density at radius 2 is 1.80 bits per heavy atom. The highest BCUT2D eigenvalue weighted by Gasteiger charge is 2.29. The van der Waals surface area contributed by atoms with Crippen LogP contribution in [0.4, 0.5) is 5.69 Å². The van der Waals surface area contributed by atoms with Crippen LogP contribution in [0.15, 0.2) is 51.8 Å². The van der Waals surface area contributed by atoms with Crippen LogP contribution in [0.2, 0.25) is 0 Å². The molecule has 8 nitrogen and oxygen atoms in total. The molecule has 0 amide bonds. The predicted octanol–water partition coefficient (Wildman–Crippen LogP) is 3.14. The third-order valence-corrected chi connectivity index (χ3v) is 5.79. The largest absolute Gasteiger partial charge is 0.465 e. The van der Waals surface area contributed by atoms with Gasteiger partial charge in [0.1, 0.15) is 17.0 Å². The van der Waals surface area contributed by atoms with Crippen molar-refractivity contribution in [3.8, 4) is 11.5 Å². The van der Waals surface area contributed by atoms with Gasteiger partial charge in [0.15, 0.2) is 5.75 Å². The van der Waals surface area contributed by atoms with Crippen LogP contribution in [0.25, 0.3) is 0 Å². The molecule has 2 aromatic carbocycles. The monoisotopic (exact) mass is 431 g/mol. The third kappa shape index (κ3) is 4.91. The summed E-state index contributed by atoms with van der Waals surface area (Å²) in [6.07, 6.45) is 3.13. The summed E-state index contributed by atoms with van der Waals surface area (Å²) in [5.41, 5.74) is 0.649. The van der Waals surface area contributed by atoms with E-state index in [9.17, 15) is 13.2 Å². The molecule has 2 aromatic rings. The van der Waals surface area contributed by atoms with Gasteiger partial charge in [0.05, 0.1) is 18.4 Å². The molecule has 1 saturated heterocycles. The maximum atomic E-state index is 13.1. The highest BCUT2D eigenvalue weighted by Crippen LogP contribution is 2.41. The number of ether oxygens (including phenoxy) is 2. The molecule has 0 N–H and O–H groups in total. The summed E-state index contributed by atoms with van der Waals surface area (Å²) in [6, 6.07) is 11.8. The molecule has 0 aliphatic carbocycles. The lowest BCUT2D eigenvalue weighted by atomic mass is 10.1. The van der Waals surface area contributed by atoms with Crippen LogP contribution < -0.4 is 9.64 Å². The zero-order chi connectivity index (χ0) is 21.7. The van der Waals surface area contributed by atoms with Crippen molar-refractivity contribution in [3.63, 3.8) is 0 Å². The highest BCUT2D eigenvalue weighted by atomic mass is 32.2. The molecule has 0 saturated carbocycles. The number of carbonyl (C=O) groups excluding carboxylic acids is 1. The Morgan fingerprint density at radius 3 is 2.40 bits per heavy atom. The van der Waals surface area contributed by atoms with E-state index >= 15 is 0 Å². The number of hydrogen-bond acceptors (Lipinski definition) is 6. The molecule has 0 unspecified atom stereocenters. The Bertz CT molecular complexity index is 1030. The fraction of sp³-hybridized carbons (Fsp3) is 0.333. The van der Waals surface area contributed by atoms with Gasteiger partial charge in [-0.1, -0.05) is 18.2 Å². The second-order valence-corrected chi connectivity index (χ2v) is 8.68. The molecule has 0 atom stereocenters. The van der Waals surface area contributed by atoms with Crippen molar-refractivity contribution in [1.82, 2.24) is 4.90 Å². The average Bonchev–Trinajstić information content (AvgIpc) is 3.27. The number of rotatable bonds is 7. The summed E-state index contributed by atoms with van der Waals surface area (Å²) in [5, 5.41) is 0. The minimum absolute atomic E-state index is 0.124. The lowest BCUT2D eigenvalue weighted by Crippen LogP contribution is -2.20. The van der Waals surface area contributed by atoms with Gasteiger partial charge in [0.25, 0.3) is 10.0 Å². The van der Waals surface area contributed by atoms with Gasteiger partial charge in [-0.25, -0.2) is 4.79 Å². The number of carbonyl (C=O) groups is 1. The van der Waals surface area contributed by atoms with Gasteiger partial charge in [-0.3, -0.25) is 0 Å². The smallest absolute Gasteiger partial charge is 0.337 e. The van der Waals surface area contributed by atoms with Crippen LogP contribution in [-0.2, 0) is 14.8 Å². The molecular weight excluding hydrogens is 406 g/mol. The van der Waals surface area contributed by atoms with E-state index < -0.39 is 16.0 Å². The lowest BCUT2D eigenvalue weighted by Gasteiger charge is -2.23. The fourth-order valence-electron chi connectivity index (χ4n) is 3.13. The molecule has 0 aromatic heterocycles. The Morgan fingerprint density at radius 1 is 1.13 bits per heavy atom.